The van der Waals surface area contributed by atoms with E-state index in [0.717, 1.165) is 46.8 Å². The van der Waals surface area contributed by atoms with Gasteiger partial charge in [0.2, 0.25) is 0 Å². The summed E-state index contributed by atoms with van der Waals surface area (Å²) < 4.78 is 1.82. The standard InChI is InChI=1S/C27H24N6OS/c34-27(24-19-35-26(30-24)22-16-29-33(18-22)23-9-2-1-3-10-23)32-14-12-31(13-15-32)17-21-7-4-6-20-8-5-11-28-25(20)21/h1-11,16,18-19H,12-15,17H2. The molecule has 3 aromatic heterocycles. The van der Waals surface area contributed by atoms with Crippen molar-refractivity contribution in [2.24, 2.45) is 0 Å². The van der Waals surface area contributed by atoms with E-state index in [-0.39, 0.29) is 5.91 Å². The van der Waals surface area contributed by atoms with E-state index >= 15 is 0 Å². The Labute approximate surface area is 207 Å². The van der Waals surface area contributed by atoms with Crippen LogP contribution in [0.25, 0.3) is 27.2 Å². The molecule has 1 aliphatic heterocycles. The summed E-state index contributed by atoms with van der Waals surface area (Å²) in [7, 11) is 0. The van der Waals surface area contributed by atoms with Crippen molar-refractivity contribution in [2.45, 2.75) is 6.54 Å². The highest BCUT2D eigenvalue weighted by Crippen LogP contribution is 2.25. The molecule has 0 atom stereocenters. The van der Waals surface area contributed by atoms with E-state index in [0.29, 0.717) is 18.8 Å². The Balaban J connectivity index is 1.10. The molecule has 1 saturated heterocycles. The molecule has 0 radical (unpaired) electrons. The van der Waals surface area contributed by atoms with Gasteiger partial charge < -0.3 is 4.90 Å². The maximum absolute atomic E-state index is 13.1. The van der Waals surface area contributed by atoms with Crippen LogP contribution in [0.3, 0.4) is 0 Å². The Morgan fingerprint density at radius 1 is 0.943 bits per heavy atom. The van der Waals surface area contributed by atoms with Crippen LogP contribution in [0.5, 0.6) is 0 Å². The summed E-state index contributed by atoms with van der Waals surface area (Å²) in [6.45, 7) is 3.87. The molecule has 0 aliphatic carbocycles. The molecular weight excluding hydrogens is 456 g/mol. The highest BCUT2D eigenvalue weighted by atomic mass is 32.1. The fourth-order valence-corrected chi connectivity index (χ4v) is 5.24. The number of thiazole rings is 1. The number of carbonyl (C=O) groups is 1. The minimum absolute atomic E-state index is 0.00516. The zero-order chi connectivity index (χ0) is 23.6. The minimum Gasteiger partial charge on any atom is -0.335 e. The lowest BCUT2D eigenvalue weighted by atomic mass is 10.1. The first-order chi connectivity index (χ1) is 17.2. The van der Waals surface area contributed by atoms with Crippen molar-refractivity contribution in [3.8, 4) is 16.3 Å². The maximum Gasteiger partial charge on any atom is 0.273 e. The lowest BCUT2D eigenvalue weighted by Gasteiger charge is -2.34. The highest BCUT2D eigenvalue weighted by molar-refractivity contribution is 7.13. The van der Waals surface area contributed by atoms with Crippen LogP contribution in [-0.4, -0.2) is 61.6 Å². The van der Waals surface area contributed by atoms with E-state index in [1.807, 2.05) is 63.8 Å². The number of rotatable bonds is 5. The van der Waals surface area contributed by atoms with Gasteiger partial charge in [0.1, 0.15) is 10.7 Å². The van der Waals surface area contributed by atoms with Crippen LogP contribution in [-0.2, 0) is 6.54 Å². The largest absolute Gasteiger partial charge is 0.335 e. The predicted octanol–water partition coefficient (Wildman–Crippen LogP) is 4.50. The van der Waals surface area contributed by atoms with Crippen LogP contribution < -0.4 is 0 Å². The molecule has 2 aromatic carbocycles. The zero-order valence-electron chi connectivity index (χ0n) is 19.1. The fourth-order valence-electron chi connectivity index (χ4n) is 4.47. The Kier molecular flexibility index (Phi) is 5.81. The smallest absolute Gasteiger partial charge is 0.273 e. The summed E-state index contributed by atoms with van der Waals surface area (Å²) in [5, 5.41) is 8.26. The number of benzene rings is 2. The first kappa shape index (κ1) is 21.6. The van der Waals surface area contributed by atoms with Gasteiger partial charge in [0.05, 0.1) is 17.4 Å². The van der Waals surface area contributed by atoms with Gasteiger partial charge in [-0.25, -0.2) is 9.67 Å². The summed E-state index contributed by atoms with van der Waals surface area (Å²) in [6, 6.07) is 20.3. The van der Waals surface area contributed by atoms with Crippen molar-refractivity contribution >= 4 is 28.1 Å². The molecule has 7 nitrogen and oxygen atoms in total. The lowest BCUT2D eigenvalue weighted by molar-refractivity contribution is 0.0624. The maximum atomic E-state index is 13.1. The molecule has 0 N–H and O–H groups in total. The third-order valence-corrected chi connectivity index (χ3v) is 7.23. The number of nitrogens with zero attached hydrogens (tertiary/aromatic N) is 6. The average Bonchev–Trinajstić information content (AvgIpc) is 3.60. The first-order valence-corrected chi connectivity index (χ1v) is 12.5. The topological polar surface area (TPSA) is 67.2 Å². The van der Waals surface area contributed by atoms with Gasteiger partial charge in [-0.05, 0) is 23.8 Å². The fraction of sp³-hybridized carbons (Fsp3) is 0.185. The van der Waals surface area contributed by atoms with Crippen molar-refractivity contribution < 1.29 is 4.79 Å². The summed E-state index contributed by atoms with van der Waals surface area (Å²) in [4.78, 5) is 26.6. The van der Waals surface area contributed by atoms with Crippen LogP contribution in [0, 0.1) is 0 Å². The van der Waals surface area contributed by atoms with Gasteiger partial charge in [-0.15, -0.1) is 11.3 Å². The Bertz CT molecular complexity index is 1460. The van der Waals surface area contributed by atoms with Gasteiger partial charge in [0, 0.05) is 61.4 Å². The molecular formula is C27H24N6OS. The van der Waals surface area contributed by atoms with Crippen LogP contribution in [0.2, 0.25) is 0 Å². The van der Waals surface area contributed by atoms with E-state index in [1.54, 1.807) is 6.20 Å². The number of para-hydroxylation sites is 2. The van der Waals surface area contributed by atoms with Gasteiger partial charge in [0.15, 0.2) is 0 Å². The third-order valence-electron chi connectivity index (χ3n) is 6.34. The van der Waals surface area contributed by atoms with Crippen LogP contribution in [0.1, 0.15) is 16.1 Å². The van der Waals surface area contributed by atoms with Crippen LogP contribution in [0.4, 0.5) is 0 Å². The molecule has 1 aliphatic rings. The molecule has 174 valence electrons. The molecule has 8 heteroatoms. The number of piperazine rings is 1. The molecule has 1 fully saturated rings. The molecule has 0 spiro atoms. The second kappa shape index (κ2) is 9.40. The number of carbonyl (C=O) groups excluding carboxylic acids is 1. The van der Waals surface area contributed by atoms with Gasteiger partial charge >= 0.3 is 0 Å². The second-order valence-electron chi connectivity index (χ2n) is 8.61. The summed E-state index contributed by atoms with van der Waals surface area (Å²) in [5.41, 5.74) is 4.68. The number of hydrogen-bond donors (Lipinski definition) is 0. The normalized spacial score (nSPS) is 14.5. The number of pyridine rings is 1. The number of fused-ring (bicyclic) bond motifs is 1. The summed E-state index contributed by atoms with van der Waals surface area (Å²) >= 11 is 1.48. The second-order valence-corrected chi connectivity index (χ2v) is 9.47. The van der Waals surface area contributed by atoms with Crippen molar-refractivity contribution in [1.82, 2.24) is 29.5 Å². The summed E-state index contributed by atoms with van der Waals surface area (Å²) in [6.07, 6.45) is 5.58. The van der Waals surface area contributed by atoms with Crippen molar-refractivity contribution in [3.05, 3.63) is 95.9 Å². The van der Waals surface area contributed by atoms with Crippen LogP contribution >= 0.6 is 11.3 Å². The average molecular weight is 481 g/mol. The van der Waals surface area contributed by atoms with E-state index in [2.05, 4.69) is 44.2 Å². The number of aromatic nitrogens is 4. The van der Waals surface area contributed by atoms with Gasteiger partial charge in [-0.2, -0.15) is 5.10 Å². The van der Waals surface area contributed by atoms with Gasteiger partial charge in [-0.1, -0.05) is 42.5 Å². The summed E-state index contributed by atoms with van der Waals surface area (Å²) in [5.74, 6) is -0.00516. The Morgan fingerprint density at radius 3 is 2.63 bits per heavy atom. The van der Waals surface area contributed by atoms with E-state index in [4.69, 9.17) is 0 Å². The molecule has 1 amide bonds. The van der Waals surface area contributed by atoms with E-state index < -0.39 is 0 Å². The molecule has 0 unspecified atom stereocenters. The predicted molar refractivity (Wildman–Crippen MR) is 138 cm³/mol. The molecule has 0 bridgehead atoms. The Morgan fingerprint density at radius 2 is 1.77 bits per heavy atom. The van der Waals surface area contributed by atoms with Gasteiger partial charge in [0.25, 0.3) is 5.91 Å². The first-order valence-electron chi connectivity index (χ1n) is 11.6. The van der Waals surface area contributed by atoms with Crippen molar-refractivity contribution in [1.29, 1.82) is 0 Å². The molecule has 0 saturated carbocycles. The Hall–Kier alpha value is -3.88. The highest BCUT2D eigenvalue weighted by Gasteiger charge is 2.24. The third kappa shape index (κ3) is 4.45. The molecule has 5 aromatic rings. The molecule has 35 heavy (non-hydrogen) atoms. The van der Waals surface area contributed by atoms with Crippen molar-refractivity contribution in [2.75, 3.05) is 26.2 Å². The number of amides is 1. The quantitative estimate of drug-likeness (QED) is 0.371. The van der Waals surface area contributed by atoms with E-state index in [1.165, 1.54) is 16.9 Å². The minimum atomic E-state index is -0.00516. The SMILES string of the molecule is O=C(c1csc(-c2cnn(-c3ccccc3)c2)n1)N1CCN(Cc2cccc3cccnc23)CC1. The molecule has 6 rings (SSSR count). The zero-order valence-corrected chi connectivity index (χ0v) is 19.9. The van der Waals surface area contributed by atoms with E-state index in [9.17, 15) is 4.79 Å². The molecule has 4 heterocycles. The lowest BCUT2D eigenvalue weighted by Crippen LogP contribution is -2.48. The monoisotopic (exact) mass is 480 g/mol. The van der Waals surface area contributed by atoms with Gasteiger partial charge in [-0.3, -0.25) is 14.7 Å². The van der Waals surface area contributed by atoms with Crippen molar-refractivity contribution in [3.63, 3.8) is 0 Å². The van der Waals surface area contributed by atoms with Crippen LogP contribution in [0.15, 0.2) is 84.6 Å². The number of hydrogen-bond acceptors (Lipinski definition) is 6.